The van der Waals surface area contributed by atoms with Gasteiger partial charge in [0.1, 0.15) is 6.54 Å². The Hall–Kier alpha value is -1.83. The Kier molecular flexibility index (Phi) is 5.54. The van der Waals surface area contributed by atoms with Gasteiger partial charge in [-0.3, -0.25) is 14.2 Å². The molecule has 2 fully saturated rings. The Balaban J connectivity index is 1.37. The lowest BCUT2D eigenvalue weighted by molar-refractivity contribution is -0.116. The van der Waals surface area contributed by atoms with Gasteiger partial charge in [0.2, 0.25) is 5.91 Å². The summed E-state index contributed by atoms with van der Waals surface area (Å²) in [5.41, 5.74) is 3.10. The van der Waals surface area contributed by atoms with E-state index in [0.29, 0.717) is 11.2 Å². The fourth-order valence-corrected chi connectivity index (χ4v) is 9.59. The van der Waals surface area contributed by atoms with Crippen LogP contribution in [-0.4, -0.2) is 15.7 Å². The zero-order chi connectivity index (χ0) is 22.7. The number of halogens is 1. The number of fused-ring (bicyclic) bond motifs is 6. The van der Waals surface area contributed by atoms with Gasteiger partial charge in [-0.1, -0.05) is 57.6 Å². The van der Waals surface area contributed by atoms with Gasteiger partial charge in [-0.15, -0.1) is 11.8 Å². The molecule has 5 atom stereocenters. The Morgan fingerprint density at radius 2 is 1.88 bits per heavy atom. The van der Waals surface area contributed by atoms with E-state index in [1.54, 1.807) is 4.57 Å². The van der Waals surface area contributed by atoms with Crippen LogP contribution in [0.25, 0.3) is 0 Å². The van der Waals surface area contributed by atoms with Crippen molar-refractivity contribution < 1.29 is 4.79 Å². The third-order valence-corrected chi connectivity index (χ3v) is 11.0. The maximum absolute atomic E-state index is 13.2. The van der Waals surface area contributed by atoms with E-state index < -0.39 is 0 Å². The van der Waals surface area contributed by atoms with Gasteiger partial charge in [0.15, 0.2) is 0 Å². The largest absolute Gasteiger partial charge is 0.324 e. The first-order chi connectivity index (χ1) is 16.0. The number of thiazole rings is 1. The lowest BCUT2D eigenvalue weighted by atomic mass is 9.75. The van der Waals surface area contributed by atoms with Crippen molar-refractivity contribution in [2.45, 2.75) is 48.9 Å². The summed E-state index contributed by atoms with van der Waals surface area (Å²) in [4.78, 5) is 27.2. The van der Waals surface area contributed by atoms with Crippen LogP contribution in [0.2, 0.25) is 0 Å². The van der Waals surface area contributed by atoms with Crippen molar-refractivity contribution in [1.29, 1.82) is 0 Å². The van der Waals surface area contributed by atoms with Gasteiger partial charge in [-0.05, 0) is 73.3 Å². The molecular weight excluding hydrogens is 516 g/mol. The molecule has 1 amide bonds. The molecule has 2 aliphatic carbocycles. The summed E-state index contributed by atoms with van der Waals surface area (Å²) < 4.78 is 2.80. The number of amides is 1. The van der Waals surface area contributed by atoms with Crippen LogP contribution >= 0.6 is 39.0 Å². The molecule has 0 saturated heterocycles. The van der Waals surface area contributed by atoms with Crippen molar-refractivity contribution in [2.75, 3.05) is 5.32 Å². The summed E-state index contributed by atoms with van der Waals surface area (Å²) in [6.07, 6.45) is 3.91. The molecule has 3 aliphatic rings. The summed E-state index contributed by atoms with van der Waals surface area (Å²) in [6.45, 7) is 2.03. The van der Waals surface area contributed by atoms with Gasteiger partial charge in [-0.25, -0.2) is 0 Å². The number of nitrogens with one attached hydrogen (secondary N) is 1. The fourth-order valence-electron chi connectivity index (χ4n) is 6.18. The average Bonchev–Trinajstić information content (AvgIpc) is 3.49. The lowest BCUT2D eigenvalue weighted by Crippen LogP contribution is -2.34. The Morgan fingerprint density at radius 3 is 2.67 bits per heavy atom. The third kappa shape index (κ3) is 3.72. The molecule has 3 aromatic rings. The van der Waals surface area contributed by atoms with Crippen molar-refractivity contribution in [1.82, 2.24) is 4.57 Å². The predicted molar refractivity (Wildman–Crippen MR) is 138 cm³/mol. The Morgan fingerprint density at radius 1 is 1.12 bits per heavy atom. The van der Waals surface area contributed by atoms with Gasteiger partial charge in [0, 0.05) is 26.2 Å². The van der Waals surface area contributed by atoms with Crippen LogP contribution in [-0.2, 0) is 11.3 Å². The number of carbonyl (C=O) groups is 1. The summed E-state index contributed by atoms with van der Waals surface area (Å²) in [5, 5.41) is 4.55. The average molecular weight is 542 g/mol. The van der Waals surface area contributed by atoms with E-state index in [4.69, 9.17) is 0 Å². The highest BCUT2D eigenvalue weighted by Crippen LogP contribution is 2.64. The molecule has 2 aromatic carbocycles. The summed E-state index contributed by atoms with van der Waals surface area (Å²) in [7, 11) is 0. The SMILES string of the molecule is Cc1ccccc1NC(=O)Cn1c2c(sc1=O)[C@H](c1ccc(Br)cc1)C1C3CCC(C3)C1S2. The number of aromatic nitrogens is 1. The van der Waals surface area contributed by atoms with Crippen LogP contribution in [0, 0.1) is 24.7 Å². The first-order valence-corrected chi connectivity index (χ1v) is 14.0. The van der Waals surface area contributed by atoms with Crippen molar-refractivity contribution in [3.8, 4) is 0 Å². The van der Waals surface area contributed by atoms with Crippen LogP contribution in [0.3, 0.4) is 0 Å². The highest BCUT2D eigenvalue weighted by molar-refractivity contribution is 9.10. The number of hydrogen-bond acceptors (Lipinski definition) is 4. The Bertz CT molecular complexity index is 1280. The lowest BCUT2D eigenvalue weighted by Gasteiger charge is -2.40. The second-order valence-electron chi connectivity index (χ2n) is 9.51. The molecule has 1 N–H and O–H groups in total. The van der Waals surface area contributed by atoms with Gasteiger partial charge < -0.3 is 5.32 Å². The van der Waals surface area contributed by atoms with Gasteiger partial charge in [-0.2, -0.15) is 0 Å². The molecule has 4 nitrogen and oxygen atoms in total. The maximum atomic E-state index is 13.2. The van der Waals surface area contributed by atoms with E-state index in [1.807, 2.05) is 43.0 Å². The van der Waals surface area contributed by atoms with Crippen LogP contribution in [0.5, 0.6) is 0 Å². The second kappa shape index (κ2) is 8.43. The number of rotatable bonds is 4. The Labute approximate surface area is 209 Å². The van der Waals surface area contributed by atoms with Crippen LogP contribution < -0.4 is 10.2 Å². The zero-order valence-electron chi connectivity index (χ0n) is 18.3. The van der Waals surface area contributed by atoms with E-state index >= 15 is 0 Å². The maximum Gasteiger partial charge on any atom is 0.308 e. The zero-order valence-corrected chi connectivity index (χ0v) is 21.5. The normalized spacial score (nSPS) is 27.3. The smallest absolute Gasteiger partial charge is 0.308 e. The predicted octanol–water partition coefficient (Wildman–Crippen LogP) is 6.27. The quantitative estimate of drug-likeness (QED) is 0.424. The molecule has 2 heterocycles. The minimum atomic E-state index is -0.150. The number of hydrogen-bond donors (Lipinski definition) is 1. The minimum absolute atomic E-state index is 0.0261. The highest BCUT2D eigenvalue weighted by Gasteiger charge is 2.55. The number of benzene rings is 2. The fraction of sp³-hybridized carbons (Fsp3) is 0.385. The molecule has 6 rings (SSSR count). The molecule has 0 radical (unpaired) electrons. The molecule has 33 heavy (non-hydrogen) atoms. The number of aryl methyl sites for hydroxylation is 1. The molecule has 1 aromatic heterocycles. The number of anilines is 1. The highest BCUT2D eigenvalue weighted by atomic mass is 79.9. The van der Waals surface area contributed by atoms with E-state index in [0.717, 1.165) is 37.5 Å². The molecule has 1 aliphatic heterocycles. The minimum Gasteiger partial charge on any atom is -0.324 e. The molecule has 2 saturated carbocycles. The molecule has 7 heteroatoms. The number of para-hydroxylation sites is 1. The summed E-state index contributed by atoms with van der Waals surface area (Å²) >= 11 is 6.79. The van der Waals surface area contributed by atoms with Crippen molar-refractivity contribution >= 4 is 50.6 Å². The monoisotopic (exact) mass is 540 g/mol. The molecule has 4 unspecified atom stereocenters. The topological polar surface area (TPSA) is 51.1 Å². The van der Waals surface area contributed by atoms with E-state index in [9.17, 15) is 9.59 Å². The van der Waals surface area contributed by atoms with E-state index in [-0.39, 0.29) is 23.2 Å². The van der Waals surface area contributed by atoms with Crippen LogP contribution in [0.4, 0.5) is 5.69 Å². The summed E-state index contributed by atoms with van der Waals surface area (Å²) in [5.74, 6) is 2.13. The first kappa shape index (κ1) is 21.7. The van der Waals surface area contributed by atoms with Crippen molar-refractivity contribution in [2.24, 2.45) is 17.8 Å². The molecule has 170 valence electrons. The van der Waals surface area contributed by atoms with Crippen LogP contribution in [0.15, 0.2) is 62.8 Å². The molecule has 0 spiro atoms. The number of carbonyl (C=O) groups excluding carboxylic acids is 1. The van der Waals surface area contributed by atoms with Gasteiger partial charge in [0.25, 0.3) is 0 Å². The first-order valence-electron chi connectivity index (χ1n) is 11.5. The van der Waals surface area contributed by atoms with Crippen LogP contribution in [0.1, 0.15) is 41.2 Å². The van der Waals surface area contributed by atoms with Crippen molar-refractivity contribution in [3.05, 3.63) is 78.7 Å². The third-order valence-electron chi connectivity index (χ3n) is 7.64. The molecular formula is C26H25BrN2O2S2. The van der Waals surface area contributed by atoms with Gasteiger partial charge >= 0.3 is 4.87 Å². The van der Waals surface area contributed by atoms with E-state index in [1.165, 1.54) is 36.2 Å². The number of nitrogens with zero attached hydrogens (tertiary/aromatic N) is 1. The van der Waals surface area contributed by atoms with Crippen molar-refractivity contribution in [3.63, 3.8) is 0 Å². The van der Waals surface area contributed by atoms with Gasteiger partial charge in [0.05, 0.1) is 5.03 Å². The second-order valence-corrected chi connectivity index (χ2v) is 12.6. The standard InChI is InChI=1S/C26H25BrN2O2S2/c1-14-4-2-3-5-19(14)28-20(30)13-29-25-24(33-26(29)31)21(15-8-10-18(27)11-9-15)22-16-6-7-17(12-16)23(22)32-25/h2-5,8-11,16-17,21-23H,6-7,12-13H2,1H3,(H,28,30)/t16?,17?,21-,22?,23?/m1/s1. The van der Waals surface area contributed by atoms with E-state index in [2.05, 4.69) is 45.5 Å². The summed E-state index contributed by atoms with van der Waals surface area (Å²) in [6, 6.07) is 16.4. The molecule has 2 bridgehead atoms. The number of thioether (sulfide) groups is 1.